The summed E-state index contributed by atoms with van der Waals surface area (Å²) in [6.07, 6.45) is -4.85. The van der Waals surface area contributed by atoms with Crippen LogP contribution in [0.25, 0.3) is 0 Å². The van der Waals surface area contributed by atoms with Gasteiger partial charge in [0.1, 0.15) is 17.3 Å². The molecule has 1 aliphatic heterocycles. The van der Waals surface area contributed by atoms with E-state index in [0.717, 1.165) is 10.2 Å². The summed E-state index contributed by atoms with van der Waals surface area (Å²) < 4.78 is 47.4. The van der Waals surface area contributed by atoms with E-state index in [4.69, 9.17) is 4.74 Å². The highest BCUT2D eigenvalue weighted by Crippen LogP contribution is 2.43. The maximum absolute atomic E-state index is 13.8. The molecule has 0 radical (unpaired) electrons. The molecule has 0 bridgehead atoms. The molecule has 3 N–H and O–H groups in total. The van der Waals surface area contributed by atoms with Gasteiger partial charge in [-0.25, -0.2) is 4.68 Å². The van der Waals surface area contributed by atoms with Gasteiger partial charge < -0.3 is 20.5 Å². The summed E-state index contributed by atoms with van der Waals surface area (Å²) in [5, 5.41) is 19.4. The molecule has 3 aromatic rings. The van der Waals surface area contributed by atoms with Gasteiger partial charge in [0.05, 0.1) is 18.8 Å². The molecule has 10 heteroatoms. The van der Waals surface area contributed by atoms with E-state index < -0.39 is 24.2 Å². The van der Waals surface area contributed by atoms with Gasteiger partial charge in [-0.2, -0.15) is 18.3 Å². The topological polar surface area (TPSA) is 88.4 Å². The average Bonchev–Trinajstić information content (AvgIpc) is 3.19. The first kappa shape index (κ1) is 21.5. The molecular weight excluding hydrogens is 425 g/mol. The molecular formula is C22H21F3N4O3. The minimum Gasteiger partial charge on any atom is -0.506 e. The van der Waals surface area contributed by atoms with E-state index in [-0.39, 0.29) is 29.4 Å². The lowest BCUT2D eigenvalue weighted by Gasteiger charge is -2.33. The third-order valence-corrected chi connectivity index (χ3v) is 5.34. The smallest absolute Gasteiger partial charge is 0.410 e. The Balaban J connectivity index is 1.64. The second kappa shape index (κ2) is 8.10. The van der Waals surface area contributed by atoms with Crippen LogP contribution in [-0.2, 0) is 0 Å². The number of carbonyl (C=O) groups is 1. The predicted molar refractivity (Wildman–Crippen MR) is 112 cm³/mol. The molecule has 0 spiro atoms. The molecule has 1 aliphatic rings. The van der Waals surface area contributed by atoms with Gasteiger partial charge in [-0.05, 0) is 42.3 Å². The molecule has 1 amide bonds. The molecule has 0 unspecified atom stereocenters. The Hall–Kier alpha value is -3.69. The third-order valence-electron chi connectivity index (χ3n) is 5.34. The second-order valence-electron chi connectivity index (χ2n) is 7.60. The van der Waals surface area contributed by atoms with Crippen LogP contribution in [0.15, 0.2) is 48.5 Å². The summed E-state index contributed by atoms with van der Waals surface area (Å²) in [4.78, 5) is 12.7. The lowest BCUT2D eigenvalue weighted by molar-refractivity contribution is -0.173. The normalized spacial score (nSPS) is 17.9. The molecule has 0 saturated heterocycles. The van der Waals surface area contributed by atoms with Crippen molar-refractivity contribution in [3.8, 4) is 11.5 Å². The van der Waals surface area contributed by atoms with Crippen molar-refractivity contribution in [3.63, 3.8) is 0 Å². The van der Waals surface area contributed by atoms with Gasteiger partial charge in [-0.1, -0.05) is 18.2 Å². The van der Waals surface area contributed by atoms with Crippen molar-refractivity contribution >= 4 is 17.4 Å². The Bertz CT molecular complexity index is 1140. The number of fused-ring (bicyclic) bond motifs is 1. The fraction of sp³-hybridized carbons (Fsp3) is 0.273. The van der Waals surface area contributed by atoms with Gasteiger partial charge in [-0.3, -0.25) is 4.79 Å². The molecule has 1 aromatic heterocycles. The Morgan fingerprint density at radius 2 is 1.94 bits per heavy atom. The van der Waals surface area contributed by atoms with Gasteiger partial charge in [0.15, 0.2) is 11.7 Å². The van der Waals surface area contributed by atoms with Crippen LogP contribution >= 0.6 is 0 Å². The molecule has 168 valence electrons. The maximum Gasteiger partial charge on any atom is 0.410 e. The number of carbonyl (C=O) groups excluding carboxylic acids is 1. The maximum atomic E-state index is 13.8. The summed E-state index contributed by atoms with van der Waals surface area (Å²) in [7, 11) is 1.51. The van der Waals surface area contributed by atoms with Crippen molar-refractivity contribution in [2.45, 2.75) is 31.6 Å². The van der Waals surface area contributed by atoms with Crippen molar-refractivity contribution in [2.24, 2.45) is 0 Å². The van der Waals surface area contributed by atoms with Crippen LogP contribution < -0.4 is 15.4 Å². The number of hydrogen-bond donors (Lipinski definition) is 3. The van der Waals surface area contributed by atoms with E-state index >= 15 is 0 Å². The Labute approximate surface area is 181 Å². The van der Waals surface area contributed by atoms with Gasteiger partial charge >= 0.3 is 6.18 Å². The van der Waals surface area contributed by atoms with Crippen LogP contribution in [0.4, 0.5) is 24.7 Å². The number of aryl methyl sites for hydroxylation is 1. The van der Waals surface area contributed by atoms with Crippen LogP contribution in [0.2, 0.25) is 0 Å². The number of anilines is 2. The summed E-state index contributed by atoms with van der Waals surface area (Å²) in [5.41, 5.74) is 1.40. The zero-order valence-corrected chi connectivity index (χ0v) is 17.3. The number of benzene rings is 2. The number of nitrogens with one attached hydrogen (secondary N) is 2. The Kier molecular flexibility index (Phi) is 5.45. The summed E-state index contributed by atoms with van der Waals surface area (Å²) in [6, 6.07) is 10.1. The number of nitrogens with zero attached hydrogens (tertiary/aromatic N) is 2. The highest BCUT2D eigenvalue weighted by Gasteiger charge is 2.46. The third kappa shape index (κ3) is 4.20. The number of aromatic nitrogens is 2. The number of alkyl halides is 3. The largest absolute Gasteiger partial charge is 0.506 e. The molecule has 2 aromatic carbocycles. The Morgan fingerprint density at radius 3 is 2.59 bits per heavy atom. The predicted octanol–water partition coefficient (Wildman–Crippen LogP) is 4.82. The first-order chi connectivity index (χ1) is 15.2. The van der Waals surface area contributed by atoms with E-state index in [1.54, 1.807) is 43.3 Å². The van der Waals surface area contributed by atoms with E-state index in [1.165, 1.54) is 19.2 Å². The van der Waals surface area contributed by atoms with E-state index in [0.29, 0.717) is 11.3 Å². The van der Waals surface area contributed by atoms with Gasteiger partial charge in [0.2, 0.25) is 0 Å². The standard InChI is InChI=1S/C22H21F3N4O3/c1-12-3-8-18(30)16(9-12)27-21(31)17-11-20-26-15(13-4-6-14(32-2)7-5-13)10-19(22(23,24)25)29(20)28-17/h3-9,11,15,19,26,30H,10H2,1-2H3,(H,27,31)/t15-,19-/m0/s1. The van der Waals surface area contributed by atoms with Crippen molar-refractivity contribution in [1.82, 2.24) is 9.78 Å². The lowest BCUT2D eigenvalue weighted by Crippen LogP contribution is -2.35. The quantitative estimate of drug-likeness (QED) is 0.500. The Morgan fingerprint density at radius 1 is 1.22 bits per heavy atom. The summed E-state index contributed by atoms with van der Waals surface area (Å²) in [6.45, 7) is 1.78. The molecule has 2 atom stereocenters. The first-order valence-corrected chi connectivity index (χ1v) is 9.83. The molecule has 32 heavy (non-hydrogen) atoms. The van der Waals surface area contributed by atoms with Crippen LogP contribution in [-0.4, -0.2) is 34.1 Å². The second-order valence-corrected chi connectivity index (χ2v) is 7.60. The zero-order valence-electron chi connectivity index (χ0n) is 17.3. The van der Waals surface area contributed by atoms with E-state index in [9.17, 15) is 23.1 Å². The van der Waals surface area contributed by atoms with Crippen LogP contribution in [0.5, 0.6) is 11.5 Å². The number of rotatable bonds is 4. The highest BCUT2D eigenvalue weighted by atomic mass is 19.4. The number of aromatic hydroxyl groups is 1. The van der Waals surface area contributed by atoms with Crippen LogP contribution in [0.1, 0.15) is 40.1 Å². The summed E-state index contributed by atoms with van der Waals surface area (Å²) in [5.74, 6) is -0.200. The fourth-order valence-electron chi connectivity index (χ4n) is 3.68. The number of hydrogen-bond acceptors (Lipinski definition) is 5. The van der Waals surface area contributed by atoms with Crippen molar-refractivity contribution in [1.29, 1.82) is 0 Å². The van der Waals surface area contributed by atoms with E-state index in [2.05, 4.69) is 15.7 Å². The van der Waals surface area contributed by atoms with E-state index in [1.807, 2.05) is 0 Å². The number of amides is 1. The number of halogens is 3. The van der Waals surface area contributed by atoms with Crippen molar-refractivity contribution in [2.75, 3.05) is 17.7 Å². The highest BCUT2D eigenvalue weighted by molar-refractivity contribution is 6.04. The van der Waals surface area contributed by atoms with Gasteiger partial charge in [-0.15, -0.1) is 0 Å². The SMILES string of the molecule is COc1ccc([C@@H]2C[C@@H](C(F)(F)F)n3nc(C(=O)Nc4cc(C)ccc4O)cc3N2)cc1. The zero-order chi connectivity index (χ0) is 23.0. The van der Waals surface area contributed by atoms with Crippen molar-refractivity contribution in [3.05, 3.63) is 65.4 Å². The number of phenolic OH excluding ortho intramolecular Hbond substituents is 1. The van der Waals surface area contributed by atoms with Gasteiger partial charge in [0.25, 0.3) is 5.91 Å². The molecule has 0 fully saturated rings. The fourth-order valence-corrected chi connectivity index (χ4v) is 3.68. The van der Waals surface area contributed by atoms with Crippen LogP contribution in [0.3, 0.4) is 0 Å². The molecule has 2 heterocycles. The molecule has 0 aliphatic carbocycles. The monoisotopic (exact) mass is 446 g/mol. The molecule has 4 rings (SSSR count). The minimum absolute atomic E-state index is 0.0815. The number of ether oxygens (including phenoxy) is 1. The van der Waals surface area contributed by atoms with Crippen molar-refractivity contribution < 1.29 is 27.8 Å². The number of phenols is 1. The number of methoxy groups -OCH3 is 1. The lowest BCUT2D eigenvalue weighted by atomic mass is 9.97. The summed E-state index contributed by atoms with van der Waals surface area (Å²) >= 11 is 0. The van der Waals surface area contributed by atoms with Gasteiger partial charge in [0, 0.05) is 12.5 Å². The first-order valence-electron chi connectivity index (χ1n) is 9.83. The molecule has 7 nitrogen and oxygen atoms in total. The van der Waals surface area contributed by atoms with Crippen LogP contribution in [0, 0.1) is 6.92 Å². The minimum atomic E-state index is -4.56. The average molecular weight is 446 g/mol. The molecule has 0 saturated carbocycles.